The third-order valence-corrected chi connectivity index (χ3v) is 4.55. The summed E-state index contributed by atoms with van der Waals surface area (Å²) in [6.45, 7) is 7.84. The summed E-state index contributed by atoms with van der Waals surface area (Å²) in [5.74, 6) is 0.836. The van der Waals surface area contributed by atoms with Gasteiger partial charge in [0.2, 0.25) is 0 Å². The Morgan fingerprint density at radius 3 is 2.48 bits per heavy atom. The van der Waals surface area contributed by atoms with Gasteiger partial charge >= 0.3 is 0 Å². The lowest BCUT2D eigenvalue weighted by Crippen LogP contribution is -2.44. The molecule has 1 heterocycles. The number of likely N-dealkylation sites (tertiary alicyclic amines) is 1. The van der Waals surface area contributed by atoms with Crippen LogP contribution in [0.15, 0.2) is 24.3 Å². The minimum Gasteiger partial charge on any atom is -0.326 e. The highest BCUT2D eigenvalue weighted by atomic mass is 15.2. The van der Waals surface area contributed by atoms with Crippen LogP contribution in [0.3, 0.4) is 0 Å². The molecule has 0 radical (unpaired) electrons. The minimum absolute atomic E-state index is 0.164. The Bertz CT molecular complexity index is 434. The van der Waals surface area contributed by atoms with E-state index in [2.05, 4.69) is 62.0 Å². The van der Waals surface area contributed by atoms with E-state index in [1.165, 1.54) is 43.6 Å². The summed E-state index contributed by atoms with van der Waals surface area (Å²) in [5.41, 5.74) is 9.01. The molecule has 3 nitrogen and oxygen atoms in total. The Morgan fingerprint density at radius 1 is 1.29 bits per heavy atom. The first kappa shape index (κ1) is 16.5. The Morgan fingerprint density at radius 2 is 1.95 bits per heavy atom. The van der Waals surface area contributed by atoms with Crippen LogP contribution in [-0.4, -0.2) is 49.6 Å². The second kappa shape index (κ2) is 7.39. The molecule has 21 heavy (non-hydrogen) atoms. The highest BCUT2D eigenvalue weighted by Crippen LogP contribution is 2.29. The molecule has 0 aromatic heterocycles. The van der Waals surface area contributed by atoms with Crippen molar-refractivity contribution in [2.24, 2.45) is 11.7 Å². The molecule has 3 heteroatoms. The number of hydrogen-bond donors (Lipinski definition) is 1. The van der Waals surface area contributed by atoms with Gasteiger partial charge in [-0.1, -0.05) is 29.8 Å². The van der Waals surface area contributed by atoms with Crippen LogP contribution >= 0.6 is 0 Å². The molecular weight excluding hydrogens is 258 g/mol. The van der Waals surface area contributed by atoms with E-state index >= 15 is 0 Å². The van der Waals surface area contributed by atoms with Crippen LogP contribution in [0.1, 0.15) is 36.9 Å². The standard InChI is InChI=1S/C18H31N3/c1-14-6-5-7-17(12-14)18(15(2)19)21-10-8-16(9-11-21)13-20(3)4/h5-7,12,15-16,18H,8-11,13,19H2,1-4H3. The van der Waals surface area contributed by atoms with Crippen molar-refractivity contribution in [3.8, 4) is 0 Å². The number of benzene rings is 1. The summed E-state index contributed by atoms with van der Waals surface area (Å²) in [6.07, 6.45) is 2.57. The van der Waals surface area contributed by atoms with Crippen molar-refractivity contribution >= 4 is 0 Å². The minimum atomic E-state index is 0.164. The zero-order chi connectivity index (χ0) is 15.4. The molecule has 0 amide bonds. The van der Waals surface area contributed by atoms with E-state index in [9.17, 15) is 0 Å². The van der Waals surface area contributed by atoms with Gasteiger partial charge < -0.3 is 10.6 Å². The first-order valence-corrected chi connectivity index (χ1v) is 8.18. The molecule has 0 bridgehead atoms. The quantitative estimate of drug-likeness (QED) is 0.904. The summed E-state index contributed by atoms with van der Waals surface area (Å²) >= 11 is 0. The van der Waals surface area contributed by atoms with Gasteiger partial charge in [0.25, 0.3) is 0 Å². The van der Waals surface area contributed by atoms with Crippen LogP contribution in [0.4, 0.5) is 0 Å². The average molecular weight is 289 g/mol. The van der Waals surface area contributed by atoms with Crippen molar-refractivity contribution in [2.45, 2.75) is 38.8 Å². The van der Waals surface area contributed by atoms with E-state index < -0.39 is 0 Å². The summed E-state index contributed by atoms with van der Waals surface area (Å²) in [6, 6.07) is 9.35. The molecule has 2 unspecified atom stereocenters. The zero-order valence-corrected chi connectivity index (χ0v) is 14.0. The van der Waals surface area contributed by atoms with Gasteiger partial charge in [-0.2, -0.15) is 0 Å². The van der Waals surface area contributed by atoms with Crippen LogP contribution in [0.5, 0.6) is 0 Å². The van der Waals surface area contributed by atoms with Crippen LogP contribution in [0.25, 0.3) is 0 Å². The van der Waals surface area contributed by atoms with E-state index in [-0.39, 0.29) is 6.04 Å². The highest BCUT2D eigenvalue weighted by Gasteiger charge is 2.28. The third-order valence-electron chi connectivity index (χ3n) is 4.55. The fraction of sp³-hybridized carbons (Fsp3) is 0.667. The van der Waals surface area contributed by atoms with Gasteiger partial charge in [-0.15, -0.1) is 0 Å². The predicted molar refractivity (Wildman–Crippen MR) is 90.4 cm³/mol. The van der Waals surface area contributed by atoms with Crippen molar-refractivity contribution in [1.82, 2.24) is 9.80 Å². The van der Waals surface area contributed by atoms with E-state index in [1.54, 1.807) is 0 Å². The van der Waals surface area contributed by atoms with Crippen molar-refractivity contribution in [2.75, 3.05) is 33.7 Å². The van der Waals surface area contributed by atoms with Gasteiger partial charge in [0.1, 0.15) is 0 Å². The fourth-order valence-corrected chi connectivity index (χ4v) is 3.63. The van der Waals surface area contributed by atoms with Gasteiger partial charge in [0.15, 0.2) is 0 Å². The van der Waals surface area contributed by atoms with Crippen LogP contribution in [0, 0.1) is 12.8 Å². The Labute approximate surface area is 130 Å². The van der Waals surface area contributed by atoms with Gasteiger partial charge in [-0.05, 0) is 65.4 Å². The summed E-state index contributed by atoms with van der Waals surface area (Å²) < 4.78 is 0. The lowest BCUT2D eigenvalue weighted by Gasteiger charge is -2.40. The number of hydrogen-bond acceptors (Lipinski definition) is 3. The third kappa shape index (κ3) is 4.53. The maximum atomic E-state index is 6.32. The summed E-state index contributed by atoms with van der Waals surface area (Å²) in [7, 11) is 4.34. The van der Waals surface area contributed by atoms with E-state index in [0.29, 0.717) is 6.04 Å². The largest absolute Gasteiger partial charge is 0.326 e. The molecule has 1 fully saturated rings. The van der Waals surface area contributed by atoms with Crippen LogP contribution in [-0.2, 0) is 0 Å². The van der Waals surface area contributed by atoms with Crippen molar-refractivity contribution in [3.63, 3.8) is 0 Å². The van der Waals surface area contributed by atoms with Gasteiger partial charge in [0.05, 0.1) is 0 Å². The maximum Gasteiger partial charge on any atom is 0.0496 e. The van der Waals surface area contributed by atoms with Crippen molar-refractivity contribution < 1.29 is 0 Å². The maximum absolute atomic E-state index is 6.32. The zero-order valence-electron chi connectivity index (χ0n) is 14.0. The smallest absolute Gasteiger partial charge is 0.0496 e. The number of nitrogens with two attached hydrogens (primary N) is 1. The highest BCUT2D eigenvalue weighted by molar-refractivity contribution is 5.26. The van der Waals surface area contributed by atoms with Gasteiger partial charge in [0, 0.05) is 18.6 Å². The van der Waals surface area contributed by atoms with Crippen LogP contribution in [0.2, 0.25) is 0 Å². The van der Waals surface area contributed by atoms with Gasteiger partial charge in [-0.25, -0.2) is 0 Å². The monoisotopic (exact) mass is 289 g/mol. The van der Waals surface area contributed by atoms with E-state index in [4.69, 9.17) is 5.73 Å². The molecule has 1 aromatic rings. The molecule has 1 aliphatic heterocycles. The Balaban J connectivity index is 2.04. The molecule has 2 atom stereocenters. The summed E-state index contributed by atoms with van der Waals surface area (Å²) in [5, 5.41) is 0. The lowest BCUT2D eigenvalue weighted by atomic mass is 9.91. The molecule has 1 aliphatic rings. The molecule has 0 aliphatic carbocycles. The van der Waals surface area contributed by atoms with Gasteiger partial charge in [-0.3, -0.25) is 4.90 Å². The normalized spacial score (nSPS) is 20.7. The Hall–Kier alpha value is -0.900. The number of rotatable bonds is 5. The molecule has 2 rings (SSSR count). The second-order valence-electron chi connectivity index (χ2n) is 6.96. The molecule has 118 valence electrons. The lowest BCUT2D eigenvalue weighted by molar-refractivity contribution is 0.108. The molecule has 0 saturated carbocycles. The topological polar surface area (TPSA) is 32.5 Å². The second-order valence-corrected chi connectivity index (χ2v) is 6.96. The van der Waals surface area contributed by atoms with E-state index in [0.717, 1.165) is 5.92 Å². The first-order valence-electron chi connectivity index (χ1n) is 8.18. The first-order chi connectivity index (χ1) is 9.97. The molecule has 1 saturated heterocycles. The Kier molecular flexibility index (Phi) is 5.80. The molecule has 1 aromatic carbocycles. The van der Waals surface area contributed by atoms with E-state index in [1.807, 2.05) is 0 Å². The van der Waals surface area contributed by atoms with Crippen molar-refractivity contribution in [1.29, 1.82) is 0 Å². The van der Waals surface area contributed by atoms with Crippen LogP contribution < -0.4 is 5.73 Å². The predicted octanol–water partition coefficient (Wildman–Crippen LogP) is 2.66. The molecule has 0 spiro atoms. The number of nitrogens with zero attached hydrogens (tertiary/aromatic N) is 2. The number of aryl methyl sites for hydroxylation is 1. The fourth-order valence-electron chi connectivity index (χ4n) is 3.63. The SMILES string of the molecule is Cc1cccc(C(C(C)N)N2CCC(CN(C)C)CC2)c1. The summed E-state index contributed by atoms with van der Waals surface area (Å²) in [4.78, 5) is 4.90. The average Bonchev–Trinajstić information content (AvgIpc) is 2.40. The molecule has 2 N–H and O–H groups in total. The number of piperidine rings is 1. The van der Waals surface area contributed by atoms with Crippen molar-refractivity contribution in [3.05, 3.63) is 35.4 Å². The molecular formula is C18H31N3.